The Kier molecular flexibility index (Phi) is 8.06. The number of likely N-dealkylation sites (N-methyl/N-ethyl adjacent to an activating group) is 1. The van der Waals surface area contributed by atoms with Gasteiger partial charge in [0.25, 0.3) is 5.91 Å². The number of carbonyl (C=O) groups excluding carboxylic acids is 3. The monoisotopic (exact) mass is 535 g/mol. The molecule has 0 unspecified atom stereocenters. The second kappa shape index (κ2) is 11.0. The summed E-state index contributed by atoms with van der Waals surface area (Å²) in [7, 11) is 2.03. The summed E-state index contributed by atoms with van der Waals surface area (Å²) < 4.78 is 41.7. The highest BCUT2D eigenvalue weighted by atomic mass is 19.4. The lowest BCUT2D eigenvalue weighted by molar-refractivity contribution is -0.139. The van der Waals surface area contributed by atoms with Gasteiger partial charge >= 0.3 is 12.2 Å². The molecule has 0 radical (unpaired) electrons. The number of nitrogens with zero attached hydrogens (tertiary/aromatic N) is 3. The zero-order valence-corrected chi connectivity index (χ0v) is 22.3. The van der Waals surface area contributed by atoms with Crippen LogP contribution in [0, 0.1) is 5.92 Å². The van der Waals surface area contributed by atoms with Crippen molar-refractivity contribution in [1.29, 1.82) is 0 Å². The first-order valence-electron chi connectivity index (χ1n) is 13.2. The van der Waals surface area contributed by atoms with Crippen LogP contribution in [-0.4, -0.2) is 77.9 Å². The van der Waals surface area contributed by atoms with Crippen molar-refractivity contribution < 1.29 is 27.6 Å². The number of alkyl halides is 3. The van der Waals surface area contributed by atoms with Crippen LogP contribution in [0.5, 0.6) is 0 Å². The minimum atomic E-state index is -4.67. The number of amides is 4. The molecule has 0 saturated carbocycles. The number of urea groups is 1. The third kappa shape index (κ3) is 5.52. The number of nitrogens with one attached hydrogen (secondary N) is 2. The molecule has 11 heteroatoms. The molecular weight excluding hydrogens is 499 g/mol. The Morgan fingerprint density at radius 3 is 2.42 bits per heavy atom. The number of hydrogen-bond acceptors (Lipinski definition) is 4. The van der Waals surface area contributed by atoms with Gasteiger partial charge in [-0.15, -0.1) is 0 Å². The quantitative estimate of drug-likeness (QED) is 0.560. The van der Waals surface area contributed by atoms with Gasteiger partial charge in [0.15, 0.2) is 0 Å². The van der Waals surface area contributed by atoms with E-state index in [9.17, 15) is 27.6 Å². The number of likely N-dealkylation sites (tertiary alicyclic amines) is 1. The molecule has 1 aromatic rings. The van der Waals surface area contributed by atoms with Crippen LogP contribution in [-0.2, 0) is 15.8 Å². The Labute approximate surface area is 221 Å². The summed E-state index contributed by atoms with van der Waals surface area (Å²) in [6.45, 7) is 7.58. The van der Waals surface area contributed by atoms with E-state index in [0.29, 0.717) is 12.1 Å². The zero-order valence-electron chi connectivity index (χ0n) is 22.3. The van der Waals surface area contributed by atoms with Gasteiger partial charge in [-0.25, -0.2) is 4.79 Å². The van der Waals surface area contributed by atoms with Gasteiger partial charge in [-0.2, -0.15) is 13.2 Å². The molecule has 208 valence electrons. The van der Waals surface area contributed by atoms with Crippen LogP contribution in [0.2, 0.25) is 0 Å². The molecule has 4 rings (SSSR count). The maximum absolute atomic E-state index is 13.9. The Bertz CT molecular complexity index is 1110. The highest BCUT2D eigenvalue weighted by Gasteiger charge is 2.48. The van der Waals surface area contributed by atoms with Crippen molar-refractivity contribution in [3.63, 3.8) is 0 Å². The van der Waals surface area contributed by atoms with Gasteiger partial charge in [-0.1, -0.05) is 32.0 Å². The van der Waals surface area contributed by atoms with Crippen LogP contribution in [0.4, 0.5) is 18.0 Å². The van der Waals surface area contributed by atoms with Gasteiger partial charge in [0.2, 0.25) is 5.91 Å². The summed E-state index contributed by atoms with van der Waals surface area (Å²) >= 11 is 0. The first-order chi connectivity index (χ1) is 17.9. The van der Waals surface area contributed by atoms with Gasteiger partial charge in [-0.05, 0) is 63.9 Å². The van der Waals surface area contributed by atoms with Crippen molar-refractivity contribution in [3.05, 3.63) is 46.7 Å². The number of piperidine rings is 1. The zero-order chi connectivity index (χ0) is 27.8. The fourth-order valence-electron chi connectivity index (χ4n) is 5.61. The van der Waals surface area contributed by atoms with E-state index >= 15 is 0 Å². The van der Waals surface area contributed by atoms with Crippen molar-refractivity contribution in [1.82, 2.24) is 25.3 Å². The summed E-state index contributed by atoms with van der Waals surface area (Å²) in [4.78, 5) is 45.5. The summed E-state index contributed by atoms with van der Waals surface area (Å²) in [6.07, 6.45) is -2.67. The van der Waals surface area contributed by atoms with E-state index in [1.165, 1.54) is 28.0 Å². The number of halogens is 3. The number of hydrogen-bond donors (Lipinski definition) is 2. The van der Waals surface area contributed by atoms with Crippen LogP contribution in [0.1, 0.15) is 57.2 Å². The molecule has 2 N–H and O–H groups in total. The lowest BCUT2D eigenvalue weighted by atomic mass is 9.91. The maximum Gasteiger partial charge on any atom is 0.416 e. The molecular formula is C27H36F3N5O3. The molecule has 1 fully saturated rings. The topological polar surface area (TPSA) is 85.0 Å². The van der Waals surface area contributed by atoms with Crippen molar-refractivity contribution in [2.24, 2.45) is 5.92 Å². The second-order valence-corrected chi connectivity index (χ2v) is 10.7. The Morgan fingerprint density at radius 2 is 1.82 bits per heavy atom. The smallest absolute Gasteiger partial charge is 0.351 e. The first kappa shape index (κ1) is 27.9. The molecule has 1 aromatic carbocycles. The van der Waals surface area contributed by atoms with Gasteiger partial charge < -0.3 is 20.4 Å². The second-order valence-electron chi connectivity index (χ2n) is 10.7. The number of carbonyl (C=O) groups is 3. The van der Waals surface area contributed by atoms with Crippen LogP contribution in [0.25, 0.3) is 0 Å². The average molecular weight is 536 g/mol. The van der Waals surface area contributed by atoms with E-state index in [1.807, 2.05) is 20.9 Å². The minimum absolute atomic E-state index is 0.00422. The van der Waals surface area contributed by atoms with E-state index in [1.54, 1.807) is 6.92 Å². The van der Waals surface area contributed by atoms with E-state index in [-0.39, 0.29) is 42.1 Å². The first-order valence-corrected chi connectivity index (χ1v) is 13.2. The maximum atomic E-state index is 13.9. The molecule has 3 aliphatic heterocycles. The minimum Gasteiger partial charge on any atom is -0.351 e. The molecule has 2 atom stereocenters. The molecule has 3 heterocycles. The fourth-order valence-corrected chi connectivity index (χ4v) is 5.61. The molecule has 8 nitrogen and oxygen atoms in total. The van der Waals surface area contributed by atoms with Crippen molar-refractivity contribution in [3.8, 4) is 0 Å². The standard InChI is InChI=1S/C27H36F3N5O3/c1-5-34-21-15-35(20(14-16(2)3)24(36)31-17-10-12-33(4)13-11-17)25(37)22(21)23(32-26(34)38)18-8-6-7-9-19(18)27(28,29)30/h6-9,16-17,20,23H,5,10-15H2,1-4H3,(H,31,36)(H,32,38)/t20-,23+/m1/s1. The molecule has 0 bridgehead atoms. The lowest BCUT2D eigenvalue weighted by Gasteiger charge is -2.34. The van der Waals surface area contributed by atoms with Crippen LogP contribution < -0.4 is 10.6 Å². The third-order valence-corrected chi connectivity index (χ3v) is 7.58. The largest absolute Gasteiger partial charge is 0.416 e. The Hall–Kier alpha value is -3.08. The van der Waals surface area contributed by atoms with Crippen molar-refractivity contribution in [2.45, 2.75) is 64.3 Å². The molecule has 1 saturated heterocycles. The molecule has 3 aliphatic rings. The van der Waals surface area contributed by atoms with E-state index < -0.39 is 35.8 Å². The normalized spacial score (nSPS) is 22.2. The number of benzene rings is 1. The summed E-state index contributed by atoms with van der Waals surface area (Å²) in [5.74, 6) is -0.710. The molecule has 0 aliphatic carbocycles. The molecule has 38 heavy (non-hydrogen) atoms. The third-order valence-electron chi connectivity index (χ3n) is 7.58. The van der Waals surface area contributed by atoms with Crippen LogP contribution in [0.15, 0.2) is 35.5 Å². The van der Waals surface area contributed by atoms with E-state index in [4.69, 9.17) is 0 Å². The average Bonchev–Trinajstić information content (AvgIpc) is 3.19. The number of rotatable bonds is 7. The predicted molar refractivity (Wildman–Crippen MR) is 136 cm³/mol. The highest BCUT2D eigenvalue weighted by Crippen LogP contribution is 2.42. The summed E-state index contributed by atoms with van der Waals surface area (Å²) in [5.41, 5.74) is -0.664. The molecule has 0 spiro atoms. The highest BCUT2D eigenvalue weighted by molar-refractivity contribution is 6.03. The van der Waals surface area contributed by atoms with Crippen molar-refractivity contribution >= 4 is 17.8 Å². The van der Waals surface area contributed by atoms with E-state index in [0.717, 1.165) is 32.0 Å². The molecule has 4 amide bonds. The van der Waals surface area contributed by atoms with Gasteiger partial charge in [0.1, 0.15) is 6.04 Å². The Morgan fingerprint density at radius 1 is 1.16 bits per heavy atom. The van der Waals surface area contributed by atoms with Gasteiger partial charge in [0.05, 0.1) is 29.4 Å². The van der Waals surface area contributed by atoms with Crippen LogP contribution in [0.3, 0.4) is 0 Å². The van der Waals surface area contributed by atoms with Gasteiger partial charge in [-0.3, -0.25) is 14.5 Å². The van der Waals surface area contributed by atoms with Crippen molar-refractivity contribution in [2.75, 3.05) is 33.2 Å². The SMILES string of the molecule is CCN1C(=O)N[C@@H](c2ccccc2C(F)(F)F)C2=C1CN([C@H](CC(C)C)C(=O)NC1CCN(C)CC1)C2=O. The summed E-state index contributed by atoms with van der Waals surface area (Å²) in [6, 6.07) is 2.31. The molecule has 0 aromatic heterocycles. The van der Waals surface area contributed by atoms with E-state index in [2.05, 4.69) is 15.5 Å². The lowest BCUT2D eigenvalue weighted by Crippen LogP contribution is -2.53. The summed E-state index contributed by atoms with van der Waals surface area (Å²) in [5, 5.41) is 5.73. The van der Waals surface area contributed by atoms with Crippen LogP contribution >= 0.6 is 0 Å². The fraction of sp³-hybridized carbons (Fsp3) is 0.593. The predicted octanol–water partition coefficient (Wildman–Crippen LogP) is 3.51. The Balaban J connectivity index is 1.68. The van der Waals surface area contributed by atoms with Gasteiger partial charge in [0, 0.05) is 12.6 Å².